The highest BCUT2D eigenvalue weighted by Crippen LogP contribution is 2.38. The summed E-state index contributed by atoms with van der Waals surface area (Å²) in [5.41, 5.74) is -0.489. The van der Waals surface area contributed by atoms with E-state index in [-0.39, 0.29) is 18.4 Å². The van der Waals surface area contributed by atoms with Crippen molar-refractivity contribution in [1.29, 1.82) is 0 Å². The number of carbonyl (C=O) groups is 2. The molecule has 130 valence electrons. The number of nitrogens with one attached hydrogen (secondary N) is 1. The van der Waals surface area contributed by atoms with Gasteiger partial charge in [0.1, 0.15) is 5.75 Å². The topological polar surface area (TPSA) is 78.9 Å². The number of carbonyl (C=O) groups excluding carboxylic acids is 2. The Labute approximate surface area is 145 Å². The number of hydrogen-bond donors (Lipinski definition) is 2. The Kier molecular flexibility index (Phi) is 4.69. The largest absolute Gasteiger partial charge is 0.497 e. The summed E-state index contributed by atoms with van der Waals surface area (Å²) in [6, 6.07) is 4.85. The van der Waals surface area contributed by atoms with Crippen LogP contribution in [-0.2, 0) is 4.79 Å². The van der Waals surface area contributed by atoms with Crippen LogP contribution < -0.4 is 10.1 Å². The van der Waals surface area contributed by atoms with E-state index in [1.165, 1.54) is 7.11 Å². The first-order valence-corrected chi connectivity index (χ1v) is 8.44. The molecule has 2 heterocycles. The van der Waals surface area contributed by atoms with Crippen LogP contribution in [0.2, 0.25) is 5.02 Å². The van der Waals surface area contributed by atoms with Crippen molar-refractivity contribution in [3.05, 3.63) is 28.8 Å². The van der Waals surface area contributed by atoms with Crippen molar-refractivity contribution in [1.82, 2.24) is 10.2 Å². The van der Waals surface area contributed by atoms with E-state index in [1.807, 2.05) is 0 Å². The first-order valence-electron chi connectivity index (χ1n) is 8.06. The molecule has 1 aromatic carbocycles. The smallest absolute Gasteiger partial charge is 0.254 e. The monoisotopic (exact) mass is 352 g/mol. The zero-order chi connectivity index (χ0) is 17.3. The molecule has 2 saturated heterocycles. The zero-order valence-electron chi connectivity index (χ0n) is 13.5. The number of amides is 2. The molecule has 2 aliphatic rings. The molecule has 0 radical (unpaired) electrons. The van der Waals surface area contributed by atoms with Crippen molar-refractivity contribution in [3.63, 3.8) is 0 Å². The van der Waals surface area contributed by atoms with E-state index in [2.05, 4.69) is 5.32 Å². The van der Waals surface area contributed by atoms with Gasteiger partial charge in [-0.1, -0.05) is 11.6 Å². The summed E-state index contributed by atoms with van der Waals surface area (Å²) in [6.07, 6.45) is 1.05. The molecule has 1 unspecified atom stereocenters. The number of halogens is 1. The number of benzene rings is 1. The Morgan fingerprint density at radius 2 is 2.25 bits per heavy atom. The molecule has 2 aliphatic heterocycles. The maximum Gasteiger partial charge on any atom is 0.254 e. The number of rotatable bonds is 2. The van der Waals surface area contributed by atoms with Crippen LogP contribution in [0.4, 0.5) is 0 Å². The Hall–Kier alpha value is -1.79. The molecule has 0 aromatic heterocycles. The summed E-state index contributed by atoms with van der Waals surface area (Å²) in [4.78, 5) is 26.9. The predicted octanol–water partition coefficient (Wildman–Crippen LogP) is 1.45. The SMILES string of the molecule is COc1cc(Cl)cc(C(=O)N2CCC(O)[C@@]3(CCCNC3=O)C2)c1. The van der Waals surface area contributed by atoms with Crippen molar-refractivity contribution < 1.29 is 19.4 Å². The molecular formula is C17H21ClN2O4. The van der Waals surface area contributed by atoms with E-state index < -0.39 is 11.5 Å². The lowest BCUT2D eigenvalue weighted by Crippen LogP contribution is -2.62. The molecule has 1 spiro atoms. The minimum Gasteiger partial charge on any atom is -0.497 e. The van der Waals surface area contributed by atoms with Crippen LogP contribution >= 0.6 is 11.6 Å². The van der Waals surface area contributed by atoms with Gasteiger partial charge in [0.05, 0.1) is 18.6 Å². The summed E-state index contributed by atoms with van der Waals surface area (Å²) >= 11 is 6.05. The number of piperidine rings is 2. The fraction of sp³-hybridized carbons (Fsp3) is 0.529. The summed E-state index contributed by atoms with van der Waals surface area (Å²) in [5.74, 6) is 0.135. The molecule has 2 fully saturated rings. The van der Waals surface area contributed by atoms with Crippen molar-refractivity contribution in [3.8, 4) is 5.75 Å². The summed E-state index contributed by atoms with van der Waals surface area (Å²) < 4.78 is 5.16. The van der Waals surface area contributed by atoms with Gasteiger partial charge in [-0.2, -0.15) is 0 Å². The molecular weight excluding hydrogens is 332 g/mol. The van der Waals surface area contributed by atoms with E-state index in [4.69, 9.17) is 16.3 Å². The van der Waals surface area contributed by atoms with Crippen molar-refractivity contribution in [2.75, 3.05) is 26.7 Å². The second-order valence-electron chi connectivity index (χ2n) is 6.43. The van der Waals surface area contributed by atoms with Crippen LogP contribution in [0, 0.1) is 5.41 Å². The third-order valence-electron chi connectivity index (χ3n) is 4.96. The summed E-state index contributed by atoms with van der Waals surface area (Å²) in [5, 5.41) is 13.6. The molecule has 7 heteroatoms. The zero-order valence-corrected chi connectivity index (χ0v) is 14.3. The molecule has 0 bridgehead atoms. The normalized spacial score (nSPS) is 27.0. The lowest BCUT2D eigenvalue weighted by molar-refractivity contribution is -0.147. The molecule has 2 atom stereocenters. The van der Waals surface area contributed by atoms with E-state index in [0.29, 0.717) is 42.3 Å². The van der Waals surface area contributed by atoms with Crippen LogP contribution in [-0.4, -0.2) is 54.7 Å². The Morgan fingerprint density at radius 3 is 2.96 bits per heavy atom. The number of ether oxygens (including phenoxy) is 1. The molecule has 24 heavy (non-hydrogen) atoms. The van der Waals surface area contributed by atoms with Crippen LogP contribution in [0.3, 0.4) is 0 Å². The molecule has 1 aromatic rings. The highest BCUT2D eigenvalue weighted by atomic mass is 35.5. The number of methoxy groups -OCH3 is 1. The van der Waals surface area contributed by atoms with Gasteiger partial charge in [-0.05, 0) is 37.5 Å². The minimum absolute atomic E-state index is 0.164. The Bertz CT molecular complexity index is 666. The van der Waals surface area contributed by atoms with E-state index >= 15 is 0 Å². The average molecular weight is 353 g/mol. The molecule has 2 amide bonds. The van der Waals surface area contributed by atoms with Gasteiger partial charge in [0, 0.05) is 30.2 Å². The Balaban J connectivity index is 1.86. The molecule has 6 nitrogen and oxygen atoms in total. The third kappa shape index (κ3) is 2.96. The predicted molar refractivity (Wildman–Crippen MR) is 89.2 cm³/mol. The number of aliphatic hydroxyl groups is 1. The van der Waals surface area contributed by atoms with E-state index in [9.17, 15) is 14.7 Å². The molecule has 0 saturated carbocycles. The quantitative estimate of drug-likeness (QED) is 0.844. The maximum atomic E-state index is 12.9. The number of hydrogen-bond acceptors (Lipinski definition) is 4. The molecule has 0 aliphatic carbocycles. The van der Waals surface area contributed by atoms with Crippen LogP contribution in [0.1, 0.15) is 29.6 Å². The van der Waals surface area contributed by atoms with E-state index in [1.54, 1.807) is 23.1 Å². The number of nitrogens with zero attached hydrogens (tertiary/aromatic N) is 1. The van der Waals surface area contributed by atoms with Crippen molar-refractivity contribution in [2.24, 2.45) is 5.41 Å². The van der Waals surface area contributed by atoms with Gasteiger partial charge in [0.25, 0.3) is 5.91 Å². The number of likely N-dealkylation sites (tertiary alicyclic amines) is 1. The summed E-state index contributed by atoms with van der Waals surface area (Å²) in [7, 11) is 1.51. The maximum absolute atomic E-state index is 12.9. The van der Waals surface area contributed by atoms with Crippen LogP contribution in [0.15, 0.2) is 18.2 Å². The van der Waals surface area contributed by atoms with Gasteiger partial charge >= 0.3 is 0 Å². The van der Waals surface area contributed by atoms with Crippen molar-refractivity contribution >= 4 is 23.4 Å². The third-order valence-corrected chi connectivity index (χ3v) is 5.18. The van der Waals surface area contributed by atoms with Crippen LogP contribution in [0.25, 0.3) is 0 Å². The lowest BCUT2D eigenvalue weighted by Gasteiger charge is -2.46. The van der Waals surface area contributed by atoms with Crippen molar-refractivity contribution in [2.45, 2.75) is 25.4 Å². The van der Waals surface area contributed by atoms with Gasteiger partial charge in [-0.25, -0.2) is 0 Å². The van der Waals surface area contributed by atoms with Gasteiger partial charge < -0.3 is 20.1 Å². The highest BCUT2D eigenvalue weighted by molar-refractivity contribution is 6.31. The van der Waals surface area contributed by atoms with Gasteiger partial charge in [-0.15, -0.1) is 0 Å². The molecule has 2 N–H and O–H groups in total. The first kappa shape index (κ1) is 17.0. The lowest BCUT2D eigenvalue weighted by atomic mass is 9.71. The second kappa shape index (κ2) is 6.61. The molecule has 3 rings (SSSR count). The minimum atomic E-state index is -0.908. The number of aliphatic hydroxyl groups excluding tert-OH is 1. The van der Waals surface area contributed by atoms with Gasteiger partial charge in [0.15, 0.2) is 0 Å². The fourth-order valence-corrected chi connectivity index (χ4v) is 3.83. The highest BCUT2D eigenvalue weighted by Gasteiger charge is 2.50. The fourth-order valence-electron chi connectivity index (χ4n) is 3.60. The van der Waals surface area contributed by atoms with Gasteiger partial charge in [0.2, 0.25) is 5.91 Å². The average Bonchev–Trinajstić information content (AvgIpc) is 2.58. The van der Waals surface area contributed by atoms with Gasteiger partial charge in [-0.3, -0.25) is 9.59 Å². The summed E-state index contributed by atoms with van der Waals surface area (Å²) in [6.45, 7) is 1.24. The Morgan fingerprint density at radius 1 is 1.46 bits per heavy atom. The van der Waals surface area contributed by atoms with Crippen LogP contribution in [0.5, 0.6) is 5.75 Å². The van der Waals surface area contributed by atoms with E-state index in [0.717, 1.165) is 6.42 Å². The second-order valence-corrected chi connectivity index (χ2v) is 6.86. The standard InChI is InChI=1S/C17H21ClN2O4/c1-24-13-8-11(7-12(18)9-13)15(22)20-6-3-14(21)17(10-20)4-2-5-19-16(17)23/h7-9,14,21H,2-6,10H2,1H3,(H,19,23)/t14?,17-/m1/s1. The first-order chi connectivity index (χ1) is 11.5.